The van der Waals surface area contributed by atoms with E-state index < -0.39 is 0 Å². The van der Waals surface area contributed by atoms with Crippen LogP contribution in [0.3, 0.4) is 0 Å². The predicted molar refractivity (Wildman–Crippen MR) is 76.3 cm³/mol. The number of piperidine rings is 1. The molecule has 4 nitrogen and oxygen atoms in total. The molecule has 1 atom stereocenters. The summed E-state index contributed by atoms with van der Waals surface area (Å²) in [6, 6.07) is 0. The average molecular weight is 269 g/mol. The first-order valence-electron chi connectivity index (χ1n) is 6.72. The third-order valence-electron chi connectivity index (χ3n) is 3.28. The molecule has 1 fully saturated rings. The highest BCUT2D eigenvalue weighted by Gasteiger charge is 2.21. The first-order chi connectivity index (χ1) is 8.83. The van der Waals surface area contributed by atoms with E-state index in [0.717, 1.165) is 32.8 Å². The molecule has 2 rings (SSSR count). The molecule has 0 bridgehead atoms. The van der Waals surface area contributed by atoms with Gasteiger partial charge < -0.3 is 15.0 Å². The Kier molecular flexibility index (Phi) is 5.41. The van der Waals surface area contributed by atoms with Gasteiger partial charge in [-0.3, -0.25) is 0 Å². The van der Waals surface area contributed by atoms with Crippen molar-refractivity contribution in [3.05, 3.63) is 11.1 Å². The molecular formula is C13H23N3OS. The Bertz CT molecular complexity index is 354. The third-order valence-corrected chi connectivity index (χ3v) is 4.34. The number of ether oxygens (including phenoxy) is 1. The van der Waals surface area contributed by atoms with Crippen molar-refractivity contribution in [2.45, 2.75) is 26.3 Å². The van der Waals surface area contributed by atoms with Gasteiger partial charge in [0.05, 0.1) is 6.61 Å². The molecule has 1 N–H and O–H groups in total. The van der Waals surface area contributed by atoms with Crippen LogP contribution in [0, 0.1) is 5.92 Å². The van der Waals surface area contributed by atoms with Gasteiger partial charge in [0.15, 0.2) is 5.13 Å². The smallest absolute Gasteiger partial charge is 0.185 e. The summed E-state index contributed by atoms with van der Waals surface area (Å²) >= 11 is 1.81. The molecule has 1 aliphatic heterocycles. The number of anilines is 1. The molecule has 0 spiro atoms. The van der Waals surface area contributed by atoms with Crippen LogP contribution in [0.5, 0.6) is 0 Å². The summed E-state index contributed by atoms with van der Waals surface area (Å²) < 4.78 is 5.27. The van der Waals surface area contributed by atoms with Crippen molar-refractivity contribution in [2.75, 3.05) is 38.3 Å². The average Bonchev–Trinajstić information content (AvgIpc) is 2.86. The molecule has 0 aliphatic carbocycles. The summed E-state index contributed by atoms with van der Waals surface area (Å²) in [7, 11) is 1.79. The number of thiazole rings is 1. The van der Waals surface area contributed by atoms with Crippen LogP contribution in [0.1, 0.15) is 24.6 Å². The predicted octanol–water partition coefficient (Wildman–Crippen LogP) is 2.12. The molecule has 0 saturated carbocycles. The fourth-order valence-corrected chi connectivity index (χ4v) is 3.30. The minimum Gasteiger partial charge on any atom is -0.384 e. The highest BCUT2D eigenvalue weighted by molar-refractivity contribution is 7.15. The van der Waals surface area contributed by atoms with Gasteiger partial charge in [-0.2, -0.15) is 0 Å². The molecule has 2 heterocycles. The zero-order valence-electron chi connectivity index (χ0n) is 11.3. The van der Waals surface area contributed by atoms with Crippen LogP contribution >= 0.6 is 11.3 Å². The van der Waals surface area contributed by atoms with Crippen LogP contribution < -0.4 is 10.2 Å². The highest BCUT2D eigenvalue weighted by atomic mass is 32.1. The molecule has 18 heavy (non-hydrogen) atoms. The molecule has 1 saturated heterocycles. The van der Waals surface area contributed by atoms with Crippen LogP contribution in [0.2, 0.25) is 0 Å². The number of hydrogen-bond acceptors (Lipinski definition) is 5. The summed E-state index contributed by atoms with van der Waals surface area (Å²) in [5.41, 5.74) is 0. The summed E-state index contributed by atoms with van der Waals surface area (Å²) in [6.45, 7) is 7.15. The molecule has 5 heteroatoms. The fraction of sp³-hybridized carbons (Fsp3) is 0.769. The van der Waals surface area contributed by atoms with Crippen LogP contribution in [0.15, 0.2) is 6.20 Å². The van der Waals surface area contributed by atoms with Crippen molar-refractivity contribution in [2.24, 2.45) is 5.92 Å². The van der Waals surface area contributed by atoms with E-state index in [1.54, 1.807) is 7.11 Å². The Hall–Kier alpha value is -0.650. The second kappa shape index (κ2) is 7.07. The van der Waals surface area contributed by atoms with Gasteiger partial charge in [0.1, 0.15) is 0 Å². The lowest BCUT2D eigenvalue weighted by Crippen LogP contribution is -2.37. The molecule has 1 aliphatic rings. The minimum atomic E-state index is 0.657. The van der Waals surface area contributed by atoms with Gasteiger partial charge in [0, 0.05) is 37.8 Å². The third kappa shape index (κ3) is 3.67. The quantitative estimate of drug-likeness (QED) is 0.858. The summed E-state index contributed by atoms with van der Waals surface area (Å²) in [5, 5.41) is 4.51. The van der Waals surface area contributed by atoms with E-state index >= 15 is 0 Å². The number of nitrogens with zero attached hydrogens (tertiary/aromatic N) is 2. The normalized spacial score (nSPS) is 20.3. The van der Waals surface area contributed by atoms with Crippen LogP contribution in [0.4, 0.5) is 5.13 Å². The molecule has 1 unspecified atom stereocenters. The van der Waals surface area contributed by atoms with Crippen molar-refractivity contribution >= 4 is 16.5 Å². The number of nitrogens with one attached hydrogen (secondary N) is 1. The van der Waals surface area contributed by atoms with Gasteiger partial charge in [-0.25, -0.2) is 4.98 Å². The van der Waals surface area contributed by atoms with Crippen molar-refractivity contribution in [3.63, 3.8) is 0 Å². The maximum Gasteiger partial charge on any atom is 0.185 e. The van der Waals surface area contributed by atoms with Crippen LogP contribution in [-0.2, 0) is 11.3 Å². The number of aromatic nitrogens is 1. The fourth-order valence-electron chi connectivity index (χ4n) is 2.38. The monoisotopic (exact) mass is 269 g/mol. The van der Waals surface area contributed by atoms with Gasteiger partial charge in [0.2, 0.25) is 0 Å². The standard InChI is InChI=1S/C13H23N3OS/c1-3-14-7-12-8-15-13(18-12)16-6-4-5-11(9-16)10-17-2/h8,11,14H,3-7,9-10H2,1-2H3. The van der Waals surface area contributed by atoms with E-state index in [2.05, 4.69) is 22.1 Å². The lowest BCUT2D eigenvalue weighted by atomic mass is 9.99. The Morgan fingerprint density at radius 1 is 1.61 bits per heavy atom. The molecule has 1 aromatic heterocycles. The van der Waals surface area contributed by atoms with Gasteiger partial charge in [-0.05, 0) is 25.3 Å². The maximum atomic E-state index is 5.27. The summed E-state index contributed by atoms with van der Waals surface area (Å²) in [6.07, 6.45) is 4.53. The lowest BCUT2D eigenvalue weighted by molar-refractivity contribution is 0.143. The highest BCUT2D eigenvalue weighted by Crippen LogP contribution is 2.27. The molecule has 1 aromatic rings. The van der Waals surface area contributed by atoms with Gasteiger partial charge in [-0.15, -0.1) is 11.3 Å². The van der Waals surface area contributed by atoms with Gasteiger partial charge in [0.25, 0.3) is 0 Å². The lowest BCUT2D eigenvalue weighted by Gasteiger charge is -2.32. The molecule has 0 aromatic carbocycles. The number of methoxy groups -OCH3 is 1. The van der Waals surface area contributed by atoms with E-state index in [4.69, 9.17) is 4.74 Å². The van der Waals surface area contributed by atoms with E-state index in [0.29, 0.717) is 5.92 Å². The van der Waals surface area contributed by atoms with E-state index in [1.165, 1.54) is 22.9 Å². The molecule has 0 radical (unpaired) electrons. The zero-order valence-corrected chi connectivity index (χ0v) is 12.1. The van der Waals surface area contributed by atoms with E-state index in [-0.39, 0.29) is 0 Å². The van der Waals surface area contributed by atoms with E-state index in [9.17, 15) is 0 Å². The minimum absolute atomic E-state index is 0.657. The molecule has 0 amide bonds. The molecular weight excluding hydrogens is 246 g/mol. The Labute approximate surface area is 113 Å². The Morgan fingerprint density at radius 3 is 3.28 bits per heavy atom. The largest absolute Gasteiger partial charge is 0.384 e. The first kappa shape index (κ1) is 13.8. The zero-order chi connectivity index (χ0) is 12.8. The topological polar surface area (TPSA) is 37.4 Å². The van der Waals surface area contributed by atoms with Crippen molar-refractivity contribution in [1.82, 2.24) is 10.3 Å². The van der Waals surface area contributed by atoms with Crippen molar-refractivity contribution in [3.8, 4) is 0 Å². The maximum absolute atomic E-state index is 5.27. The SMILES string of the molecule is CCNCc1cnc(N2CCCC(COC)C2)s1. The van der Waals surface area contributed by atoms with Crippen molar-refractivity contribution < 1.29 is 4.74 Å². The van der Waals surface area contributed by atoms with Crippen molar-refractivity contribution in [1.29, 1.82) is 0 Å². The number of rotatable bonds is 6. The summed E-state index contributed by atoms with van der Waals surface area (Å²) in [5.74, 6) is 0.657. The first-order valence-corrected chi connectivity index (χ1v) is 7.54. The second-order valence-electron chi connectivity index (χ2n) is 4.80. The van der Waals surface area contributed by atoms with Gasteiger partial charge >= 0.3 is 0 Å². The number of hydrogen-bond donors (Lipinski definition) is 1. The Morgan fingerprint density at radius 2 is 2.50 bits per heavy atom. The summed E-state index contributed by atoms with van der Waals surface area (Å²) in [4.78, 5) is 8.28. The molecule has 102 valence electrons. The van der Waals surface area contributed by atoms with Crippen LogP contribution in [0.25, 0.3) is 0 Å². The van der Waals surface area contributed by atoms with E-state index in [1.807, 2.05) is 17.5 Å². The Balaban J connectivity index is 1.91. The second-order valence-corrected chi connectivity index (χ2v) is 5.89. The van der Waals surface area contributed by atoms with Gasteiger partial charge in [-0.1, -0.05) is 6.92 Å². The van der Waals surface area contributed by atoms with Crippen LogP contribution in [-0.4, -0.2) is 38.3 Å².